The van der Waals surface area contributed by atoms with Gasteiger partial charge in [-0.3, -0.25) is 0 Å². The van der Waals surface area contributed by atoms with E-state index in [1.54, 1.807) is 13.8 Å². The van der Waals surface area contributed by atoms with E-state index in [1.807, 2.05) is 0 Å². The number of aliphatic hydroxyl groups excluding tert-OH is 6. The van der Waals surface area contributed by atoms with Crippen molar-refractivity contribution in [2.24, 2.45) is 0 Å². The summed E-state index contributed by atoms with van der Waals surface area (Å²) in [6.07, 6.45) is -15.0. The molecule has 194 valence electrons. The van der Waals surface area contributed by atoms with Crippen LogP contribution in [0.1, 0.15) is 20.3 Å². The van der Waals surface area contributed by atoms with Crippen molar-refractivity contribution in [3.05, 3.63) is 0 Å². The molecule has 3 saturated heterocycles. The second-order valence-electron chi connectivity index (χ2n) is 8.60. The summed E-state index contributed by atoms with van der Waals surface area (Å²) in [5, 5.41) is 60.3. The van der Waals surface area contributed by atoms with Crippen LogP contribution in [0, 0.1) is 0 Å². The van der Waals surface area contributed by atoms with E-state index in [-0.39, 0.29) is 6.42 Å². The van der Waals surface area contributed by atoms with Gasteiger partial charge in [-0.1, -0.05) is 0 Å². The van der Waals surface area contributed by atoms with Crippen molar-refractivity contribution < 1.29 is 63.8 Å². The van der Waals surface area contributed by atoms with Gasteiger partial charge in [0.15, 0.2) is 18.9 Å². The first kappa shape index (κ1) is 27.1. The SMILES string of the molecule is CO[C@H]1[C@@H](O)[C@H](O[C@H]2[C@@H](OC)CC(O)O[C@@H]2C)O[C@H](C)[C@H]1O[C@@H]1O[C@H](CO)[C@@H](O)[C@H](O)[C@H]1O. The number of methoxy groups -OCH3 is 2. The second kappa shape index (κ2) is 11.5. The van der Waals surface area contributed by atoms with Crippen LogP contribution in [-0.2, 0) is 33.2 Å². The molecule has 3 aliphatic rings. The minimum absolute atomic E-state index is 0.181. The minimum atomic E-state index is -1.62. The molecule has 0 saturated carbocycles. The minimum Gasteiger partial charge on any atom is -0.394 e. The highest BCUT2D eigenvalue weighted by Gasteiger charge is 2.51. The molecule has 0 aromatic rings. The smallest absolute Gasteiger partial charge is 0.187 e. The van der Waals surface area contributed by atoms with Crippen LogP contribution in [0.4, 0.5) is 0 Å². The Kier molecular flexibility index (Phi) is 9.42. The highest BCUT2D eigenvalue weighted by atomic mass is 16.8. The maximum absolute atomic E-state index is 10.9. The summed E-state index contributed by atoms with van der Waals surface area (Å²) < 4.78 is 39.3. The molecule has 0 aromatic heterocycles. The molecule has 0 aromatic carbocycles. The van der Waals surface area contributed by atoms with Crippen LogP contribution in [0.2, 0.25) is 0 Å². The first-order valence-corrected chi connectivity index (χ1v) is 11.0. The first-order chi connectivity index (χ1) is 15.6. The molecule has 3 rings (SSSR count). The van der Waals surface area contributed by atoms with Crippen molar-refractivity contribution in [1.29, 1.82) is 0 Å². The Morgan fingerprint density at radius 2 is 1.30 bits per heavy atom. The largest absolute Gasteiger partial charge is 0.394 e. The van der Waals surface area contributed by atoms with Gasteiger partial charge in [0.05, 0.1) is 24.9 Å². The summed E-state index contributed by atoms with van der Waals surface area (Å²) in [6.45, 7) is 2.74. The van der Waals surface area contributed by atoms with Crippen molar-refractivity contribution in [3.8, 4) is 0 Å². The van der Waals surface area contributed by atoms with E-state index in [0.717, 1.165) is 0 Å². The van der Waals surface area contributed by atoms with Gasteiger partial charge in [0.25, 0.3) is 0 Å². The molecule has 0 bridgehead atoms. The maximum Gasteiger partial charge on any atom is 0.187 e. The van der Waals surface area contributed by atoms with E-state index in [9.17, 15) is 30.6 Å². The topological polar surface area (TPSA) is 186 Å². The molecule has 0 aliphatic carbocycles. The van der Waals surface area contributed by atoms with Gasteiger partial charge in [0.2, 0.25) is 0 Å². The molecule has 0 radical (unpaired) electrons. The number of rotatable bonds is 7. The molecule has 13 nitrogen and oxygen atoms in total. The molecular formula is C20H36O13. The van der Waals surface area contributed by atoms with Crippen LogP contribution in [0.5, 0.6) is 0 Å². The Morgan fingerprint density at radius 3 is 1.91 bits per heavy atom. The fourth-order valence-corrected chi connectivity index (χ4v) is 4.49. The van der Waals surface area contributed by atoms with E-state index in [4.69, 9.17) is 33.2 Å². The monoisotopic (exact) mass is 484 g/mol. The maximum atomic E-state index is 10.9. The van der Waals surface area contributed by atoms with Gasteiger partial charge < -0.3 is 63.8 Å². The molecule has 13 heteroatoms. The summed E-state index contributed by atoms with van der Waals surface area (Å²) in [4.78, 5) is 0. The van der Waals surface area contributed by atoms with Gasteiger partial charge in [-0.25, -0.2) is 0 Å². The van der Waals surface area contributed by atoms with E-state index >= 15 is 0 Å². The number of aliphatic hydroxyl groups is 6. The third-order valence-corrected chi connectivity index (χ3v) is 6.39. The lowest BCUT2D eigenvalue weighted by Crippen LogP contribution is -2.65. The van der Waals surface area contributed by atoms with Crippen molar-refractivity contribution in [1.82, 2.24) is 0 Å². The summed E-state index contributed by atoms with van der Waals surface area (Å²) in [5.74, 6) is 0. The van der Waals surface area contributed by atoms with Crippen LogP contribution in [0.15, 0.2) is 0 Å². The molecule has 6 N–H and O–H groups in total. The third-order valence-electron chi connectivity index (χ3n) is 6.39. The first-order valence-electron chi connectivity index (χ1n) is 11.0. The Balaban J connectivity index is 1.70. The normalized spacial score (nSPS) is 51.5. The molecule has 33 heavy (non-hydrogen) atoms. The number of hydrogen-bond donors (Lipinski definition) is 6. The lowest BCUT2D eigenvalue weighted by molar-refractivity contribution is -0.369. The zero-order valence-electron chi connectivity index (χ0n) is 19.0. The van der Waals surface area contributed by atoms with Crippen LogP contribution in [0.25, 0.3) is 0 Å². The van der Waals surface area contributed by atoms with Crippen LogP contribution in [0.3, 0.4) is 0 Å². The van der Waals surface area contributed by atoms with Gasteiger partial charge in [-0.2, -0.15) is 0 Å². The Morgan fingerprint density at radius 1 is 0.697 bits per heavy atom. The summed E-state index contributed by atoms with van der Waals surface area (Å²) in [5.41, 5.74) is 0. The highest BCUT2D eigenvalue weighted by molar-refractivity contribution is 4.94. The quantitative estimate of drug-likeness (QED) is 0.213. The van der Waals surface area contributed by atoms with Crippen LogP contribution < -0.4 is 0 Å². The molecule has 1 unspecified atom stereocenters. The Labute approximate surface area is 191 Å². The molecule has 14 atom stereocenters. The fraction of sp³-hybridized carbons (Fsp3) is 1.00. The van der Waals surface area contributed by atoms with Gasteiger partial charge in [0, 0.05) is 20.6 Å². The Hall–Kier alpha value is -0.520. The van der Waals surface area contributed by atoms with E-state index in [0.29, 0.717) is 0 Å². The predicted octanol–water partition coefficient (Wildman–Crippen LogP) is -3.18. The van der Waals surface area contributed by atoms with E-state index in [2.05, 4.69) is 0 Å². The Bertz CT molecular complexity index is 609. The molecule has 3 aliphatic heterocycles. The molecule has 0 spiro atoms. The van der Waals surface area contributed by atoms with Crippen LogP contribution in [-0.4, -0.2) is 137 Å². The fourth-order valence-electron chi connectivity index (χ4n) is 4.49. The predicted molar refractivity (Wildman–Crippen MR) is 107 cm³/mol. The molecule has 0 amide bonds. The zero-order valence-corrected chi connectivity index (χ0v) is 19.0. The lowest BCUT2D eigenvalue weighted by atomic mass is 9.96. The van der Waals surface area contributed by atoms with Crippen LogP contribution >= 0.6 is 0 Å². The van der Waals surface area contributed by atoms with Gasteiger partial charge in [0.1, 0.15) is 48.8 Å². The van der Waals surface area contributed by atoms with Gasteiger partial charge in [-0.05, 0) is 13.8 Å². The third kappa shape index (κ3) is 5.67. The van der Waals surface area contributed by atoms with E-state index < -0.39 is 92.6 Å². The second-order valence-corrected chi connectivity index (χ2v) is 8.60. The molecule has 3 fully saturated rings. The zero-order chi connectivity index (χ0) is 24.4. The summed E-state index contributed by atoms with van der Waals surface area (Å²) in [7, 11) is 2.84. The standard InChI is InChI=1S/C20H36O13/c1-7-16(9(27-3)5-11(22)29-7)32-20-15(26)18(28-4)17(8(2)30-20)33-19-14(25)13(24)12(23)10(6-21)31-19/h7-26H,5-6H2,1-4H3/t7-,8-,9+,10-,11?,12-,13+,14-,15-,16-,17-,18+,19+,20+/m1/s1. The molecular weight excluding hydrogens is 448 g/mol. The van der Waals surface area contributed by atoms with Crippen molar-refractivity contribution in [2.45, 2.75) is 106 Å². The lowest BCUT2D eigenvalue weighted by Gasteiger charge is -2.48. The van der Waals surface area contributed by atoms with Crippen molar-refractivity contribution >= 4 is 0 Å². The highest BCUT2D eigenvalue weighted by Crippen LogP contribution is 2.33. The van der Waals surface area contributed by atoms with E-state index in [1.165, 1.54) is 14.2 Å². The van der Waals surface area contributed by atoms with Gasteiger partial charge in [-0.15, -0.1) is 0 Å². The average molecular weight is 484 g/mol. The molecule has 3 heterocycles. The van der Waals surface area contributed by atoms with Gasteiger partial charge >= 0.3 is 0 Å². The number of hydrogen-bond acceptors (Lipinski definition) is 13. The van der Waals surface area contributed by atoms with Crippen molar-refractivity contribution in [2.75, 3.05) is 20.8 Å². The summed E-state index contributed by atoms with van der Waals surface area (Å²) in [6, 6.07) is 0. The average Bonchev–Trinajstić information content (AvgIpc) is 2.78. The van der Waals surface area contributed by atoms with Crippen molar-refractivity contribution in [3.63, 3.8) is 0 Å². The number of ether oxygens (including phenoxy) is 7. The summed E-state index contributed by atoms with van der Waals surface area (Å²) >= 11 is 0.